The number of halogens is 3. The van der Waals surface area contributed by atoms with Crippen LogP contribution in [0.3, 0.4) is 0 Å². The van der Waals surface area contributed by atoms with E-state index in [4.69, 9.17) is 12.2 Å². The van der Waals surface area contributed by atoms with Crippen LogP contribution in [0.5, 0.6) is 0 Å². The van der Waals surface area contributed by atoms with Crippen LogP contribution < -0.4 is 15.5 Å². The van der Waals surface area contributed by atoms with Crippen molar-refractivity contribution < 1.29 is 18.0 Å². The first-order valence-electron chi connectivity index (χ1n) is 9.99. The van der Waals surface area contributed by atoms with E-state index in [1.54, 1.807) is 7.05 Å². The fourth-order valence-electron chi connectivity index (χ4n) is 3.51. The van der Waals surface area contributed by atoms with Crippen molar-refractivity contribution in [3.63, 3.8) is 0 Å². The number of fused-ring (bicyclic) bond motifs is 1. The second kappa shape index (κ2) is 9.03. The van der Waals surface area contributed by atoms with Gasteiger partial charge >= 0.3 is 6.18 Å². The smallest absolute Gasteiger partial charge is 0.333 e. The van der Waals surface area contributed by atoms with Crippen LogP contribution in [-0.2, 0) is 11.0 Å². The number of aliphatic imine (C=N–C) groups is 1. The third kappa shape index (κ3) is 4.88. The number of thiocarbonyl (C=S) groups is 1. The quantitative estimate of drug-likeness (QED) is 0.541. The Morgan fingerprint density at radius 1 is 1.00 bits per heavy atom. The third-order valence-corrected chi connectivity index (χ3v) is 5.33. The van der Waals surface area contributed by atoms with Crippen LogP contribution in [0.15, 0.2) is 83.9 Å². The first-order chi connectivity index (χ1) is 15.7. The number of nitrogens with zero attached hydrogens (tertiary/aromatic N) is 2. The normalized spacial score (nSPS) is 15.9. The zero-order chi connectivity index (χ0) is 23.6. The summed E-state index contributed by atoms with van der Waals surface area (Å²) in [6.45, 7) is 0. The minimum atomic E-state index is -4.48. The van der Waals surface area contributed by atoms with Crippen LogP contribution in [0.4, 0.5) is 24.5 Å². The van der Waals surface area contributed by atoms with Crippen LogP contribution in [0, 0.1) is 0 Å². The van der Waals surface area contributed by atoms with E-state index in [1.807, 2.05) is 54.6 Å². The summed E-state index contributed by atoms with van der Waals surface area (Å²) in [5, 5.41) is 5.53. The molecule has 1 unspecified atom stereocenters. The largest absolute Gasteiger partial charge is 0.416 e. The monoisotopic (exact) mass is 468 g/mol. The van der Waals surface area contributed by atoms with Gasteiger partial charge in [0.1, 0.15) is 0 Å². The Morgan fingerprint density at radius 3 is 2.42 bits per heavy atom. The van der Waals surface area contributed by atoms with E-state index >= 15 is 0 Å². The fraction of sp³-hybridized carbons (Fsp3) is 0.125. The Labute approximate surface area is 194 Å². The molecule has 33 heavy (non-hydrogen) atoms. The standard InChI is InChI=1S/C24H19F3N4OS/c1-31-19-13-6-5-12-18(19)20(15-8-3-2-4-9-15)29-21(22(31)32)30-23(33)28-17-11-7-10-16(14-17)24(25,26)27/h2-14,21H,1H3,(H2,28,30,33). The number of carbonyl (C=O) groups excluding carboxylic acids is 1. The molecule has 4 rings (SSSR count). The number of rotatable bonds is 3. The molecule has 1 atom stereocenters. The molecule has 0 spiro atoms. The van der Waals surface area contributed by atoms with E-state index in [0.29, 0.717) is 11.4 Å². The van der Waals surface area contributed by atoms with Crippen LogP contribution in [-0.4, -0.2) is 29.9 Å². The molecule has 1 amide bonds. The molecular weight excluding hydrogens is 449 g/mol. The predicted molar refractivity (Wildman–Crippen MR) is 127 cm³/mol. The Hall–Kier alpha value is -3.72. The number of amides is 1. The van der Waals surface area contributed by atoms with Gasteiger partial charge in [-0.2, -0.15) is 13.2 Å². The maximum atomic E-state index is 13.2. The molecule has 3 aromatic rings. The number of hydrogen-bond acceptors (Lipinski definition) is 3. The second-order valence-corrected chi connectivity index (χ2v) is 7.75. The van der Waals surface area contributed by atoms with Crippen molar-refractivity contribution >= 4 is 40.3 Å². The lowest BCUT2D eigenvalue weighted by molar-refractivity contribution is -0.137. The molecule has 1 heterocycles. The number of hydrogen-bond donors (Lipinski definition) is 2. The summed E-state index contributed by atoms with van der Waals surface area (Å²) < 4.78 is 39.0. The molecular formula is C24H19F3N4OS. The van der Waals surface area contributed by atoms with Crippen molar-refractivity contribution in [3.8, 4) is 0 Å². The highest BCUT2D eigenvalue weighted by Crippen LogP contribution is 2.31. The molecule has 168 valence electrons. The van der Waals surface area contributed by atoms with Gasteiger partial charge in [-0.25, -0.2) is 4.99 Å². The second-order valence-electron chi connectivity index (χ2n) is 7.34. The van der Waals surface area contributed by atoms with Gasteiger partial charge in [0.05, 0.1) is 17.0 Å². The van der Waals surface area contributed by atoms with Crippen molar-refractivity contribution in [2.75, 3.05) is 17.3 Å². The highest BCUT2D eigenvalue weighted by Gasteiger charge is 2.32. The van der Waals surface area contributed by atoms with Crippen LogP contribution in [0.2, 0.25) is 0 Å². The lowest BCUT2D eigenvalue weighted by Gasteiger charge is -2.22. The molecule has 1 aliphatic heterocycles. The van der Waals surface area contributed by atoms with Gasteiger partial charge < -0.3 is 15.5 Å². The predicted octanol–water partition coefficient (Wildman–Crippen LogP) is 4.83. The average molecular weight is 469 g/mol. The molecule has 0 bridgehead atoms. The van der Waals surface area contributed by atoms with Crippen LogP contribution in [0.25, 0.3) is 0 Å². The van der Waals surface area contributed by atoms with Gasteiger partial charge in [0, 0.05) is 23.9 Å². The lowest BCUT2D eigenvalue weighted by atomic mass is 10.0. The third-order valence-electron chi connectivity index (χ3n) is 5.11. The van der Waals surface area contributed by atoms with Crippen molar-refractivity contribution in [3.05, 3.63) is 95.6 Å². The van der Waals surface area contributed by atoms with Gasteiger partial charge in [-0.15, -0.1) is 0 Å². The molecule has 9 heteroatoms. The number of para-hydroxylation sites is 1. The molecule has 0 saturated heterocycles. The van der Waals surface area contributed by atoms with Crippen LogP contribution >= 0.6 is 12.2 Å². The fourth-order valence-corrected chi connectivity index (χ4v) is 3.74. The first-order valence-corrected chi connectivity index (χ1v) is 10.4. The molecule has 0 radical (unpaired) electrons. The van der Waals surface area contributed by atoms with E-state index in [2.05, 4.69) is 15.6 Å². The first kappa shape index (κ1) is 22.5. The molecule has 3 aromatic carbocycles. The topological polar surface area (TPSA) is 56.7 Å². The SMILES string of the molecule is CN1C(=O)C(NC(=S)Nc2cccc(C(F)(F)F)c2)N=C(c2ccccc2)c2ccccc21. The Kier molecular flexibility index (Phi) is 6.15. The average Bonchev–Trinajstić information content (AvgIpc) is 2.90. The van der Waals surface area contributed by atoms with Gasteiger partial charge in [0.15, 0.2) is 5.11 Å². The Bertz CT molecular complexity index is 1230. The van der Waals surface area contributed by atoms with E-state index in [9.17, 15) is 18.0 Å². The summed E-state index contributed by atoms with van der Waals surface area (Å²) in [5.41, 5.74) is 2.22. The summed E-state index contributed by atoms with van der Waals surface area (Å²) in [6, 6.07) is 21.5. The minimum absolute atomic E-state index is 0.0248. The highest BCUT2D eigenvalue weighted by atomic mass is 32.1. The number of benzene rings is 3. The Morgan fingerprint density at radius 2 is 1.70 bits per heavy atom. The minimum Gasteiger partial charge on any atom is -0.333 e. The molecule has 0 saturated carbocycles. The number of likely N-dealkylation sites (N-methyl/N-ethyl adjacent to an activating group) is 1. The molecule has 0 aromatic heterocycles. The molecule has 0 fully saturated rings. The van der Waals surface area contributed by atoms with Crippen molar-refractivity contribution in [2.24, 2.45) is 4.99 Å². The van der Waals surface area contributed by atoms with E-state index in [-0.39, 0.29) is 16.7 Å². The van der Waals surface area contributed by atoms with Crippen molar-refractivity contribution in [1.82, 2.24) is 5.32 Å². The zero-order valence-corrected chi connectivity index (χ0v) is 18.2. The number of benzodiazepines with no additional fused rings is 1. The number of alkyl halides is 3. The van der Waals surface area contributed by atoms with Gasteiger partial charge in [-0.05, 0) is 36.5 Å². The van der Waals surface area contributed by atoms with Crippen molar-refractivity contribution in [1.29, 1.82) is 0 Å². The highest BCUT2D eigenvalue weighted by molar-refractivity contribution is 7.80. The van der Waals surface area contributed by atoms with Gasteiger partial charge in [-0.3, -0.25) is 4.79 Å². The molecule has 0 aliphatic carbocycles. The maximum absolute atomic E-state index is 13.2. The maximum Gasteiger partial charge on any atom is 0.416 e. The summed E-state index contributed by atoms with van der Waals surface area (Å²) in [5.74, 6) is -0.360. The van der Waals surface area contributed by atoms with Gasteiger partial charge in [0.25, 0.3) is 5.91 Å². The molecule has 2 N–H and O–H groups in total. The zero-order valence-electron chi connectivity index (χ0n) is 17.4. The summed E-state index contributed by atoms with van der Waals surface area (Å²) in [4.78, 5) is 19.3. The van der Waals surface area contributed by atoms with Gasteiger partial charge in [-0.1, -0.05) is 54.6 Å². The summed E-state index contributed by atoms with van der Waals surface area (Å²) in [6.07, 6.45) is -5.56. The van der Waals surface area contributed by atoms with Crippen LogP contribution in [0.1, 0.15) is 16.7 Å². The lowest BCUT2D eigenvalue weighted by Crippen LogP contribution is -2.47. The van der Waals surface area contributed by atoms with E-state index < -0.39 is 17.9 Å². The molecule has 5 nitrogen and oxygen atoms in total. The van der Waals surface area contributed by atoms with Crippen molar-refractivity contribution in [2.45, 2.75) is 12.3 Å². The van der Waals surface area contributed by atoms with Gasteiger partial charge in [0.2, 0.25) is 6.17 Å². The van der Waals surface area contributed by atoms with E-state index in [0.717, 1.165) is 23.3 Å². The number of carbonyl (C=O) groups is 1. The van der Waals surface area contributed by atoms with E-state index in [1.165, 1.54) is 17.0 Å². The Balaban J connectivity index is 1.65. The molecule has 1 aliphatic rings. The number of nitrogens with one attached hydrogen (secondary N) is 2. The summed E-state index contributed by atoms with van der Waals surface area (Å²) in [7, 11) is 1.64. The summed E-state index contributed by atoms with van der Waals surface area (Å²) >= 11 is 5.29. The number of anilines is 2.